The van der Waals surface area contributed by atoms with Crippen LogP contribution in [0.15, 0.2) is 30.3 Å². The summed E-state index contributed by atoms with van der Waals surface area (Å²) in [7, 11) is 0. The second kappa shape index (κ2) is 6.50. The number of benzene rings is 1. The van der Waals surface area contributed by atoms with Gasteiger partial charge in [0.1, 0.15) is 0 Å². The van der Waals surface area contributed by atoms with E-state index in [1.165, 1.54) is 0 Å². The second-order valence-corrected chi connectivity index (χ2v) is 4.98. The fourth-order valence-electron chi connectivity index (χ4n) is 2.79. The lowest BCUT2D eigenvalue weighted by molar-refractivity contribution is -0.150. The molecule has 2 rings (SSSR count). The van der Waals surface area contributed by atoms with Crippen LogP contribution in [0.2, 0.25) is 0 Å². The van der Waals surface area contributed by atoms with Crippen molar-refractivity contribution < 1.29 is 14.3 Å². The summed E-state index contributed by atoms with van der Waals surface area (Å²) in [4.78, 5) is 24.5. The molecular formula is C16H20O3. The van der Waals surface area contributed by atoms with Crippen LogP contribution in [-0.2, 0) is 9.53 Å². The smallest absolute Gasteiger partial charge is 0.309 e. The summed E-state index contributed by atoms with van der Waals surface area (Å²) in [6.45, 7) is 2.18. The van der Waals surface area contributed by atoms with Crippen LogP contribution in [0.3, 0.4) is 0 Å². The van der Waals surface area contributed by atoms with Gasteiger partial charge in [-0.2, -0.15) is 0 Å². The molecule has 1 aliphatic rings. The van der Waals surface area contributed by atoms with Crippen LogP contribution >= 0.6 is 0 Å². The second-order valence-electron chi connectivity index (χ2n) is 4.98. The van der Waals surface area contributed by atoms with E-state index in [4.69, 9.17) is 4.74 Å². The zero-order valence-electron chi connectivity index (χ0n) is 11.3. The van der Waals surface area contributed by atoms with Crippen molar-refractivity contribution in [1.82, 2.24) is 0 Å². The molecule has 0 amide bonds. The van der Waals surface area contributed by atoms with Gasteiger partial charge in [-0.25, -0.2) is 0 Å². The molecule has 0 heterocycles. The number of Topliss-reactive ketones (excluding diaryl/α,β-unsaturated/α-hetero) is 1. The lowest BCUT2D eigenvalue weighted by Crippen LogP contribution is -2.34. The van der Waals surface area contributed by atoms with Crippen molar-refractivity contribution in [2.45, 2.75) is 32.6 Å². The van der Waals surface area contributed by atoms with Gasteiger partial charge in [0.15, 0.2) is 5.78 Å². The van der Waals surface area contributed by atoms with Crippen LogP contribution in [0.5, 0.6) is 0 Å². The number of hydrogen-bond donors (Lipinski definition) is 0. The maximum Gasteiger partial charge on any atom is 0.309 e. The minimum Gasteiger partial charge on any atom is -0.466 e. The van der Waals surface area contributed by atoms with E-state index in [0.717, 1.165) is 25.7 Å². The summed E-state index contributed by atoms with van der Waals surface area (Å²) in [5.41, 5.74) is 0.698. The number of carbonyl (C=O) groups excluding carboxylic acids is 2. The Kier molecular flexibility index (Phi) is 4.72. The molecule has 1 aromatic rings. The number of ketones is 1. The van der Waals surface area contributed by atoms with Gasteiger partial charge in [0.2, 0.25) is 0 Å². The molecule has 2 atom stereocenters. The fraction of sp³-hybridized carbons (Fsp3) is 0.500. The Bertz CT molecular complexity index is 439. The van der Waals surface area contributed by atoms with E-state index in [2.05, 4.69) is 0 Å². The Morgan fingerprint density at radius 1 is 1.11 bits per heavy atom. The lowest BCUT2D eigenvalue weighted by Gasteiger charge is -2.28. The number of rotatable bonds is 4. The minimum absolute atomic E-state index is 0.0818. The zero-order chi connectivity index (χ0) is 13.7. The van der Waals surface area contributed by atoms with Gasteiger partial charge in [0.05, 0.1) is 12.5 Å². The number of esters is 1. The van der Waals surface area contributed by atoms with Crippen molar-refractivity contribution in [3.63, 3.8) is 0 Å². The van der Waals surface area contributed by atoms with Crippen molar-refractivity contribution in [1.29, 1.82) is 0 Å². The van der Waals surface area contributed by atoms with Gasteiger partial charge in [-0.1, -0.05) is 43.2 Å². The third-order valence-electron chi connectivity index (χ3n) is 3.75. The predicted molar refractivity (Wildman–Crippen MR) is 72.9 cm³/mol. The largest absolute Gasteiger partial charge is 0.466 e. The van der Waals surface area contributed by atoms with Crippen LogP contribution in [0.1, 0.15) is 43.0 Å². The number of ether oxygens (including phenoxy) is 1. The maximum atomic E-state index is 12.5. The van der Waals surface area contributed by atoms with E-state index in [-0.39, 0.29) is 23.6 Å². The Labute approximate surface area is 114 Å². The van der Waals surface area contributed by atoms with Crippen LogP contribution in [0, 0.1) is 11.8 Å². The average Bonchev–Trinajstić information content (AvgIpc) is 2.47. The first-order valence-corrected chi connectivity index (χ1v) is 7.00. The van der Waals surface area contributed by atoms with Crippen molar-refractivity contribution >= 4 is 11.8 Å². The van der Waals surface area contributed by atoms with Gasteiger partial charge < -0.3 is 4.74 Å². The van der Waals surface area contributed by atoms with Crippen molar-refractivity contribution in [3.8, 4) is 0 Å². The molecule has 0 spiro atoms. The van der Waals surface area contributed by atoms with Gasteiger partial charge >= 0.3 is 5.97 Å². The van der Waals surface area contributed by atoms with E-state index < -0.39 is 0 Å². The average molecular weight is 260 g/mol. The van der Waals surface area contributed by atoms with Gasteiger partial charge in [0, 0.05) is 11.5 Å². The number of hydrogen-bond acceptors (Lipinski definition) is 3. The SMILES string of the molecule is CCOC(=O)[C@H]1CCCC[C@H]1C(=O)c1ccccc1. The third-order valence-corrected chi connectivity index (χ3v) is 3.75. The van der Waals surface area contributed by atoms with Crippen LogP contribution in [0.4, 0.5) is 0 Å². The molecule has 0 unspecified atom stereocenters. The summed E-state index contributed by atoms with van der Waals surface area (Å²) in [6.07, 6.45) is 3.57. The molecule has 0 N–H and O–H groups in total. The molecule has 1 aromatic carbocycles. The Balaban J connectivity index is 2.15. The molecule has 3 heteroatoms. The first-order chi connectivity index (χ1) is 9.24. The molecule has 1 aliphatic carbocycles. The monoisotopic (exact) mass is 260 g/mol. The van der Waals surface area contributed by atoms with E-state index in [1.54, 1.807) is 6.92 Å². The normalized spacial score (nSPS) is 22.8. The molecule has 1 saturated carbocycles. The molecule has 1 fully saturated rings. The highest BCUT2D eigenvalue weighted by molar-refractivity contribution is 6.00. The highest BCUT2D eigenvalue weighted by Crippen LogP contribution is 2.33. The Morgan fingerprint density at radius 3 is 2.37 bits per heavy atom. The predicted octanol–water partition coefficient (Wildman–Crippen LogP) is 3.24. The summed E-state index contributed by atoms with van der Waals surface area (Å²) in [5, 5.41) is 0. The standard InChI is InChI=1S/C16H20O3/c1-2-19-16(18)14-11-7-6-10-13(14)15(17)12-8-4-3-5-9-12/h3-5,8-9,13-14H,2,6-7,10-11H2,1H3/t13-,14+/m1/s1. The summed E-state index contributed by atoms with van der Waals surface area (Å²) in [5.74, 6) is -0.605. The minimum atomic E-state index is -0.263. The van der Waals surface area contributed by atoms with Crippen molar-refractivity contribution in [2.75, 3.05) is 6.61 Å². The molecule has 0 saturated heterocycles. The molecule has 0 aliphatic heterocycles. The van der Waals surface area contributed by atoms with Gasteiger partial charge in [0.25, 0.3) is 0 Å². The number of carbonyl (C=O) groups is 2. The highest BCUT2D eigenvalue weighted by Gasteiger charge is 2.36. The zero-order valence-corrected chi connectivity index (χ0v) is 11.3. The highest BCUT2D eigenvalue weighted by atomic mass is 16.5. The van der Waals surface area contributed by atoms with E-state index in [9.17, 15) is 9.59 Å². The summed E-state index contributed by atoms with van der Waals surface area (Å²) >= 11 is 0. The van der Waals surface area contributed by atoms with Crippen LogP contribution < -0.4 is 0 Å². The van der Waals surface area contributed by atoms with Gasteiger partial charge in [-0.05, 0) is 19.8 Å². The topological polar surface area (TPSA) is 43.4 Å². The molecule has 102 valence electrons. The van der Waals surface area contributed by atoms with Crippen molar-refractivity contribution in [2.24, 2.45) is 11.8 Å². The van der Waals surface area contributed by atoms with Gasteiger partial charge in [-0.15, -0.1) is 0 Å². The quantitative estimate of drug-likeness (QED) is 0.616. The van der Waals surface area contributed by atoms with Gasteiger partial charge in [-0.3, -0.25) is 9.59 Å². The van der Waals surface area contributed by atoms with Crippen LogP contribution in [0.25, 0.3) is 0 Å². The fourth-order valence-corrected chi connectivity index (χ4v) is 2.79. The molecule has 3 nitrogen and oxygen atoms in total. The van der Waals surface area contributed by atoms with E-state index >= 15 is 0 Å². The molecule has 0 radical (unpaired) electrons. The third kappa shape index (κ3) is 3.22. The molecule has 19 heavy (non-hydrogen) atoms. The first kappa shape index (κ1) is 13.8. The molecule has 0 aromatic heterocycles. The Hall–Kier alpha value is -1.64. The maximum absolute atomic E-state index is 12.5. The van der Waals surface area contributed by atoms with Crippen molar-refractivity contribution in [3.05, 3.63) is 35.9 Å². The summed E-state index contributed by atoms with van der Waals surface area (Å²) in [6, 6.07) is 9.24. The van der Waals surface area contributed by atoms with E-state index in [0.29, 0.717) is 12.2 Å². The first-order valence-electron chi connectivity index (χ1n) is 7.00. The molecule has 0 bridgehead atoms. The molecular weight excluding hydrogens is 240 g/mol. The van der Waals surface area contributed by atoms with E-state index in [1.807, 2.05) is 30.3 Å². The summed E-state index contributed by atoms with van der Waals surface area (Å²) < 4.78 is 5.11. The Morgan fingerprint density at radius 2 is 1.74 bits per heavy atom. The van der Waals surface area contributed by atoms with Crippen LogP contribution in [-0.4, -0.2) is 18.4 Å². The lowest BCUT2D eigenvalue weighted by atomic mass is 9.75.